The summed E-state index contributed by atoms with van der Waals surface area (Å²) < 4.78 is 17.6. The summed E-state index contributed by atoms with van der Waals surface area (Å²) in [4.78, 5) is 11.0. The predicted octanol–water partition coefficient (Wildman–Crippen LogP) is 7.57. The second kappa shape index (κ2) is 11.1. The van der Waals surface area contributed by atoms with Gasteiger partial charge in [0.05, 0.1) is 7.11 Å². The van der Waals surface area contributed by atoms with Crippen LogP contribution in [0.15, 0.2) is 72.8 Å². The Kier molecular flexibility index (Phi) is 7.74. The Hall–Kier alpha value is -4.05. The smallest absolute Gasteiger partial charge is 0.150 e. The van der Waals surface area contributed by atoms with Gasteiger partial charge in [0.25, 0.3) is 0 Å². The van der Waals surface area contributed by atoms with Crippen molar-refractivity contribution in [3.63, 3.8) is 0 Å². The summed E-state index contributed by atoms with van der Waals surface area (Å²) in [6, 6.07) is 24.0. The highest BCUT2D eigenvalue weighted by atomic mass is 16.5. The first-order chi connectivity index (χ1) is 17.4. The minimum atomic E-state index is 0.458. The van der Waals surface area contributed by atoms with E-state index in [-0.39, 0.29) is 0 Å². The Bertz CT molecular complexity index is 1390. The van der Waals surface area contributed by atoms with Crippen LogP contribution in [-0.4, -0.2) is 13.4 Å². The fourth-order valence-corrected chi connectivity index (χ4v) is 4.39. The zero-order chi connectivity index (χ0) is 25.7. The lowest BCUT2D eigenvalue weighted by molar-refractivity contribution is 0.112. The Morgan fingerprint density at radius 2 is 1.19 bits per heavy atom. The number of benzene rings is 4. The van der Waals surface area contributed by atoms with Crippen molar-refractivity contribution in [3.05, 3.63) is 112 Å². The number of carbonyl (C=O) groups is 1. The normalized spacial score (nSPS) is 10.7. The minimum absolute atomic E-state index is 0.458. The molecule has 0 amide bonds. The van der Waals surface area contributed by atoms with Gasteiger partial charge in [0.15, 0.2) is 0 Å². The zero-order valence-corrected chi connectivity index (χ0v) is 21.6. The van der Waals surface area contributed by atoms with E-state index in [0.29, 0.717) is 18.8 Å². The van der Waals surface area contributed by atoms with Crippen LogP contribution in [-0.2, 0) is 13.2 Å². The van der Waals surface area contributed by atoms with E-state index < -0.39 is 0 Å². The van der Waals surface area contributed by atoms with Crippen molar-refractivity contribution in [1.29, 1.82) is 0 Å². The summed E-state index contributed by atoms with van der Waals surface area (Å²) in [6.45, 7) is 9.21. The molecular formula is C32H32O4. The highest BCUT2D eigenvalue weighted by Crippen LogP contribution is 2.32. The van der Waals surface area contributed by atoms with Gasteiger partial charge in [-0.05, 0) is 109 Å². The molecule has 0 aromatic heterocycles. The average molecular weight is 481 g/mol. The number of ether oxygens (including phenoxy) is 3. The molecule has 0 aliphatic heterocycles. The van der Waals surface area contributed by atoms with Gasteiger partial charge in [0.2, 0.25) is 0 Å². The van der Waals surface area contributed by atoms with Gasteiger partial charge < -0.3 is 14.2 Å². The van der Waals surface area contributed by atoms with Crippen LogP contribution in [0.3, 0.4) is 0 Å². The lowest BCUT2D eigenvalue weighted by Gasteiger charge is -2.17. The van der Waals surface area contributed by atoms with Gasteiger partial charge in [-0.1, -0.05) is 36.4 Å². The molecule has 184 valence electrons. The quantitative estimate of drug-likeness (QED) is 0.232. The Morgan fingerprint density at radius 1 is 0.667 bits per heavy atom. The van der Waals surface area contributed by atoms with Crippen LogP contribution in [0.1, 0.15) is 43.7 Å². The third-order valence-corrected chi connectivity index (χ3v) is 6.67. The van der Waals surface area contributed by atoms with E-state index in [2.05, 4.69) is 50.2 Å². The van der Waals surface area contributed by atoms with Crippen LogP contribution >= 0.6 is 0 Å². The fraction of sp³-hybridized carbons (Fsp3) is 0.219. The number of aryl methyl sites for hydroxylation is 2. The fourth-order valence-electron chi connectivity index (χ4n) is 4.39. The first-order valence-electron chi connectivity index (χ1n) is 12.0. The predicted molar refractivity (Wildman–Crippen MR) is 144 cm³/mol. The van der Waals surface area contributed by atoms with Crippen LogP contribution in [0.25, 0.3) is 11.1 Å². The van der Waals surface area contributed by atoms with Gasteiger partial charge in [-0.2, -0.15) is 0 Å². The van der Waals surface area contributed by atoms with E-state index in [1.54, 1.807) is 13.2 Å². The van der Waals surface area contributed by atoms with Crippen molar-refractivity contribution >= 4 is 6.29 Å². The molecule has 0 unspecified atom stereocenters. The van der Waals surface area contributed by atoms with Crippen LogP contribution in [0.5, 0.6) is 17.2 Å². The third-order valence-electron chi connectivity index (χ3n) is 6.67. The van der Waals surface area contributed by atoms with Crippen molar-refractivity contribution < 1.29 is 19.0 Å². The lowest BCUT2D eigenvalue weighted by atomic mass is 9.92. The Labute approximate surface area is 213 Å². The molecule has 0 fully saturated rings. The van der Waals surface area contributed by atoms with Gasteiger partial charge in [0, 0.05) is 5.56 Å². The summed E-state index contributed by atoms with van der Waals surface area (Å²) in [5.74, 6) is 2.47. The molecule has 4 aromatic rings. The number of hydrogen-bond donors (Lipinski definition) is 0. The second-order valence-corrected chi connectivity index (χ2v) is 9.03. The summed E-state index contributed by atoms with van der Waals surface area (Å²) in [5, 5.41) is 0. The molecule has 0 heterocycles. The molecular weight excluding hydrogens is 448 g/mol. The van der Waals surface area contributed by atoms with Gasteiger partial charge in [-0.3, -0.25) is 4.79 Å². The Morgan fingerprint density at radius 3 is 1.67 bits per heavy atom. The average Bonchev–Trinajstić information content (AvgIpc) is 2.88. The molecule has 0 N–H and O–H groups in total. The number of hydrogen-bond acceptors (Lipinski definition) is 4. The molecule has 0 radical (unpaired) electrons. The molecule has 0 bridgehead atoms. The number of aldehydes is 1. The van der Waals surface area contributed by atoms with Gasteiger partial charge in [-0.15, -0.1) is 0 Å². The molecule has 0 atom stereocenters. The molecule has 0 saturated heterocycles. The van der Waals surface area contributed by atoms with Crippen molar-refractivity contribution in [2.24, 2.45) is 0 Å². The maximum Gasteiger partial charge on any atom is 0.150 e. The van der Waals surface area contributed by atoms with E-state index in [0.717, 1.165) is 45.8 Å². The van der Waals surface area contributed by atoms with Gasteiger partial charge in [0.1, 0.15) is 36.7 Å². The molecule has 0 saturated carbocycles. The maximum atomic E-state index is 11.0. The number of carbonyl (C=O) groups excluding carboxylic acids is 1. The first-order valence-corrected chi connectivity index (χ1v) is 12.0. The largest absolute Gasteiger partial charge is 0.497 e. The molecule has 0 aliphatic rings. The van der Waals surface area contributed by atoms with Crippen LogP contribution in [0.4, 0.5) is 0 Å². The molecule has 4 rings (SSSR count). The van der Waals surface area contributed by atoms with Crippen LogP contribution in [0.2, 0.25) is 0 Å². The molecule has 0 spiro atoms. The summed E-state index contributed by atoms with van der Waals surface area (Å²) in [5.41, 5.74) is 9.68. The van der Waals surface area contributed by atoms with E-state index >= 15 is 0 Å². The minimum Gasteiger partial charge on any atom is -0.497 e. The van der Waals surface area contributed by atoms with E-state index in [9.17, 15) is 4.79 Å². The highest BCUT2D eigenvalue weighted by Gasteiger charge is 2.13. The Balaban J connectivity index is 1.54. The van der Waals surface area contributed by atoms with E-state index in [4.69, 9.17) is 14.2 Å². The standard InChI is InChI=1S/C32H32O4/c1-21-16-25(18-33)12-14-31(21)35-19-26-8-6-10-29(23(26)3)30-11-7-9-27(24(30)4)20-36-32-15-13-28(34-5)17-22(32)2/h6-18H,19-20H2,1-5H3. The van der Waals surface area contributed by atoms with Crippen molar-refractivity contribution in [1.82, 2.24) is 0 Å². The molecule has 36 heavy (non-hydrogen) atoms. The molecule has 4 heteroatoms. The highest BCUT2D eigenvalue weighted by molar-refractivity contribution is 5.75. The monoisotopic (exact) mass is 480 g/mol. The molecule has 4 nitrogen and oxygen atoms in total. The maximum absolute atomic E-state index is 11.0. The van der Waals surface area contributed by atoms with Crippen LogP contribution < -0.4 is 14.2 Å². The molecule has 4 aromatic carbocycles. The van der Waals surface area contributed by atoms with Crippen LogP contribution in [0, 0.1) is 27.7 Å². The first kappa shape index (κ1) is 25.1. The number of rotatable bonds is 9. The molecule has 0 aliphatic carbocycles. The number of methoxy groups -OCH3 is 1. The van der Waals surface area contributed by atoms with Gasteiger partial charge >= 0.3 is 0 Å². The van der Waals surface area contributed by atoms with E-state index in [1.807, 2.05) is 44.2 Å². The van der Waals surface area contributed by atoms with Crippen molar-refractivity contribution in [2.45, 2.75) is 40.9 Å². The third kappa shape index (κ3) is 5.44. The summed E-state index contributed by atoms with van der Waals surface area (Å²) in [7, 11) is 1.67. The van der Waals surface area contributed by atoms with Gasteiger partial charge in [-0.25, -0.2) is 0 Å². The zero-order valence-electron chi connectivity index (χ0n) is 21.6. The second-order valence-electron chi connectivity index (χ2n) is 9.03. The van der Waals surface area contributed by atoms with E-state index in [1.165, 1.54) is 22.3 Å². The topological polar surface area (TPSA) is 44.8 Å². The SMILES string of the molecule is COc1ccc(OCc2cccc(-c3cccc(COc4ccc(C=O)cc4C)c3C)c2C)c(C)c1. The summed E-state index contributed by atoms with van der Waals surface area (Å²) in [6.07, 6.45) is 0.851. The lowest BCUT2D eigenvalue weighted by Crippen LogP contribution is -2.03. The van der Waals surface area contributed by atoms with Crippen molar-refractivity contribution in [3.8, 4) is 28.4 Å². The van der Waals surface area contributed by atoms with Crippen molar-refractivity contribution in [2.75, 3.05) is 7.11 Å². The summed E-state index contributed by atoms with van der Waals surface area (Å²) >= 11 is 0.